The lowest BCUT2D eigenvalue weighted by Gasteiger charge is -2.35. The van der Waals surface area contributed by atoms with E-state index in [0.717, 1.165) is 51.2 Å². The summed E-state index contributed by atoms with van der Waals surface area (Å²) < 4.78 is 5.83. The number of carbonyl (C=O) groups excluding carboxylic acids is 1. The van der Waals surface area contributed by atoms with Crippen molar-refractivity contribution in [3.8, 4) is 0 Å². The Bertz CT molecular complexity index is 471. The summed E-state index contributed by atoms with van der Waals surface area (Å²) >= 11 is 0. The molecule has 3 rings (SSSR count). The van der Waals surface area contributed by atoms with Gasteiger partial charge in [-0.2, -0.15) is 0 Å². The Morgan fingerprint density at radius 3 is 2.82 bits per heavy atom. The first-order valence-electron chi connectivity index (χ1n) is 8.51. The molecule has 0 spiro atoms. The Morgan fingerprint density at radius 2 is 2.05 bits per heavy atom. The van der Waals surface area contributed by atoms with Crippen molar-refractivity contribution < 1.29 is 9.53 Å². The number of benzene rings is 1. The first kappa shape index (κ1) is 15.5. The summed E-state index contributed by atoms with van der Waals surface area (Å²) in [5.41, 5.74) is 0.889. The van der Waals surface area contributed by atoms with Crippen molar-refractivity contribution >= 4 is 11.6 Å². The van der Waals surface area contributed by atoms with E-state index in [1.807, 2.05) is 30.3 Å². The number of hydrogen-bond acceptors (Lipinski definition) is 3. The van der Waals surface area contributed by atoms with Crippen molar-refractivity contribution in [2.24, 2.45) is 5.92 Å². The standard InChI is InChI=1S/C18H26N2O2/c21-18(19-16-8-2-1-3-9-16)15-7-6-11-20(13-15)14-17-10-4-5-12-22-17/h1-3,8-9,15,17H,4-7,10-14H2,(H,19,21)/t15-,17-/m1/s1. The highest BCUT2D eigenvalue weighted by atomic mass is 16.5. The Balaban J connectivity index is 1.50. The van der Waals surface area contributed by atoms with E-state index in [-0.39, 0.29) is 11.8 Å². The molecule has 0 unspecified atom stereocenters. The maximum absolute atomic E-state index is 12.4. The first-order valence-corrected chi connectivity index (χ1v) is 8.51. The van der Waals surface area contributed by atoms with Gasteiger partial charge >= 0.3 is 0 Å². The molecule has 1 aromatic rings. The second-order valence-corrected chi connectivity index (χ2v) is 6.44. The van der Waals surface area contributed by atoms with Crippen LogP contribution in [0.15, 0.2) is 30.3 Å². The summed E-state index contributed by atoms with van der Waals surface area (Å²) in [6.45, 7) is 3.83. The van der Waals surface area contributed by atoms with Gasteiger partial charge in [0, 0.05) is 25.4 Å². The van der Waals surface area contributed by atoms with Crippen LogP contribution in [0.4, 0.5) is 5.69 Å². The van der Waals surface area contributed by atoms with E-state index in [9.17, 15) is 4.79 Å². The normalized spacial score (nSPS) is 26.5. The van der Waals surface area contributed by atoms with Gasteiger partial charge in [-0.15, -0.1) is 0 Å². The van der Waals surface area contributed by atoms with E-state index in [0.29, 0.717) is 6.10 Å². The summed E-state index contributed by atoms with van der Waals surface area (Å²) in [6, 6.07) is 9.73. The van der Waals surface area contributed by atoms with Crippen LogP contribution < -0.4 is 5.32 Å². The highest BCUT2D eigenvalue weighted by Gasteiger charge is 2.27. The quantitative estimate of drug-likeness (QED) is 0.930. The highest BCUT2D eigenvalue weighted by Crippen LogP contribution is 2.21. The third-order valence-corrected chi connectivity index (χ3v) is 4.65. The summed E-state index contributed by atoms with van der Waals surface area (Å²) in [6.07, 6.45) is 6.08. The highest BCUT2D eigenvalue weighted by molar-refractivity contribution is 5.92. The van der Waals surface area contributed by atoms with Gasteiger partial charge in [-0.05, 0) is 50.8 Å². The number of nitrogens with zero attached hydrogens (tertiary/aromatic N) is 1. The van der Waals surface area contributed by atoms with Crippen LogP contribution in [0.3, 0.4) is 0 Å². The largest absolute Gasteiger partial charge is 0.377 e. The predicted octanol–water partition coefficient (Wildman–Crippen LogP) is 2.91. The summed E-state index contributed by atoms with van der Waals surface area (Å²) in [5, 5.41) is 3.04. The molecule has 0 aromatic heterocycles. The second-order valence-electron chi connectivity index (χ2n) is 6.44. The average Bonchev–Trinajstić information content (AvgIpc) is 2.57. The molecule has 0 aliphatic carbocycles. The van der Waals surface area contributed by atoms with Crippen LogP contribution in [0.1, 0.15) is 32.1 Å². The monoisotopic (exact) mass is 302 g/mol. The van der Waals surface area contributed by atoms with Crippen LogP contribution in [0.25, 0.3) is 0 Å². The van der Waals surface area contributed by atoms with Crippen molar-refractivity contribution in [2.75, 3.05) is 31.6 Å². The number of hydrogen-bond donors (Lipinski definition) is 1. The zero-order valence-corrected chi connectivity index (χ0v) is 13.2. The van der Waals surface area contributed by atoms with Crippen LogP contribution in [0, 0.1) is 5.92 Å². The molecule has 1 aromatic carbocycles. The van der Waals surface area contributed by atoms with E-state index in [2.05, 4.69) is 10.2 Å². The molecule has 0 saturated carbocycles. The minimum atomic E-state index is 0.0950. The molecule has 22 heavy (non-hydrogen) atoms. The molecule has 2 heterocycles. The first-order chi connectivity index (χ1) is 10.8. The summed E-state index contributed by atoms with van der Waals surface area (Å²) in [4.78, 5) is 14.8. The molecule has 0 radical (unpaired) electrons. The number of piperidine rings is 1. The fourth-order valence-corrected chi connectivity index (χ4v) is 3.44. The smallest absolute Gasteiger partial charge is 0.228 e. The van der Waals surface area contributed by atoms with E-state index >= 15 is 0 Å². The van der Waals surface area contributed by atoms with Gasteiger partial charge in [0.15, 0.2) is 0 Å². The predicted molar refractivity (Wildman–Crippen MR) is 87.8 cm³/mol. The fourth-order valence-electron chi connectivity index (χ4n) is 3.44. The Kier molecular flexibility index (Phi) is 5.46. The van der Waals surface area contributed by atoms with E-state index in [4.69, 9.17) is 4.74 Å². The van der Waals surface area contributed by atoms with Gasteiger partial charge in [-0.1, -0.05) is 18.2 Å². The number of amides is 1. The number of rotatable bonds is 4. The molecule has 120 valence electrons. The van der Waals surface area contributed by atoms with E-state index in [1.54, 1.807) is 0 Å². The molecule has 1 N–H and O–H groups in total. The number of likely N-dealkylation sites (tertiary alicyclic amines) is 1. The van der Waals surface area contributed by atoms with E-state index in [1.165, 1.54) is 12.8 Å². The molecule has 1 amide bonds. The fraction of sp³-hybridized carbons (Fsp3) is 0.611. The number of carbonyl (C=O) groups is 1. The topological polar surface area (TPSA) is 41.6 Å². The van der Waals surface area contributed by atoms with Crippen molar-refractivity contribution in [1.82, 2.24) is 4.90 Å². The van der Waals surface area contributed by atoms with E-state index < -0.39 is 0 Å². The lowest BCUT2D eigenvalue weighted by molar-refractivity contribution is -0.122. The van der Waals surface area contributed by atoms with Gasteiger partial charge in [0.2, 0.25) is 5.91 Å². The van der Waals surface area contributed by atoms with Gasteiger partial charge in [0.1, 0.15) is 0 Å². The maximum atomic E-state index is 12.4. The van der Waals surface area contributed by atoms with Gasteiger partial charge in [-0.25, -0.2) is 0 Å². The van der Waals surface area contributed by atoms with Crippen molar-refractivity contribution in [1.29, 1.82) is 0 Å². The summed E-state index contributed by atoms with van der Waals surface area (Å²) in [7, 11) is 0. The molecule has 2 fully saturated rings. The van der Waals surface area contributed by atoms with Gasteiger partial charge < -0.3 is 10.1 Å². The lowest BCUT2D eigenvalue weighted by atomic mass is 9.96. The minimum absolute atomic E-state index is 0.0950. The molecule has 0 bridgehead atoms. The molecule has 4 heteroatoms. The van der Waals surface area contributed by atoms with Crippen LogP contribution in [-0.2, 0) is 9.53 Å². The minimum Gasteiger partial charge on any atom is -0.377 e. The Labute approximate surface area is 132 Å². The molecule has 2 aliphatic rings. The second kappa shape index (κ2) is 7.75. The molecule has 2 saturated heterocycles. The molecular formula is C18H26N2O2. The third kappa shape index (κ3) is 4.31. The van der Waals surface area contributed by atoms with Crippen molar-refractivity contribution in [3.05, 3.63) is 30.3 Å². The number of para-hydroxylation sites is 1. The maximum Gasteiger partial charge on any atom is 0.228 e. The van der Waals surface area contributed by atoms with Crippen LogP contribution in [0.5, 0.6) is 0 Å². The van der Waals surface area contributed by atoms with Crippen LogP contribution >= 0.6 is 0 Å². The Morgan fingerprint density at radius 1 is 1.18 bits per heavy atom. The number of nitrogens with one attached hydrogen (secondary N) is 1. The SMILES string of the molecule is O=C(Nc1ccccc1)[C@@H]1CCCN(C[C@H]2CCCCO2)C1. The third-order valence-electron chi connectivity index (χ3n) is 4.65. The van der Waals surface area contributed by atoms with Gasteiger partial charge in [0.25, 0.3) is 0 Å². The van der Waals surface area contributed by atoms with Crippen LogP contribution in [0.2, 0.25) is 0 Å². The number of ether oxygens (including phenoxy) is 1. The zero-order chi connectivity index (χ0) is 15.2. The lowest BCUT2D eigenvalue weighted by Crippen LogP contribution is -2.44. The number of anilines is 1. The molecular weight excluding hydrogens is 276 g/mol. The van der Waals surface area contributed by atoms with Gasteiger partial charge in [-0.3, -0.25) is 9.69 Å². The average molecular weight is 302 g/mol. The van der Waals surface area contributed by atoms with Crippen LogP contribution in [-0.4, -0.2) is 43.2 Å². The molecule has 2 aliphatic heterocycles. The zero-order valence-electron chi connectivity index (χ0n) is 13.2. The Hall–Kier alpha value is -1.39. The summed E-state index contributed by atoms with van der Waals surface area (Å²) in [5.74, 6) is 0.248. The van der Waals surface area contributed by atoms with Crippen molar-refractivity contribution in [3.63, 3.8) is 0 Å². The molecule has 4 nitrogen and oxygen atoms in total. The van der Waals surface area contributed by atoms with Gasteiger partial charge in [0.05, 0.1) is 12.0 Å². The molecule has 2 atom stereocenters. The van der Waals surface area contributed by atoms with Crippen molar-refractivity contribution in [2.45, 2.75) is 38.2 Å².